The predicted octanol–water partition coefficient (Wildman–Crippen LogP) is 4.48. The van der Waals surface area contributed by atoms with Gasteiger partial charge in [0.1, 0.15) is 23.9 Å². The van der Waals surface area contributed by atoms with E-state index in [1.54, 1.807) is 6.92 Å². The van der Waals surface area contributed by atoms with E-state index in [-0.39, 0.29) is 18.0 Å². The number of hydrogen-bond donors (Lipinski definition) is 0. The first kappa shape index (κ1) is 16.0. The third kappa shape index (κ3) is 4.53. The molecule has 1 aromatic carbocycles. The van der Waals surface area contributed by atoms with E-state index in [2.05, 4.69) is 0 Å². The summed E-state index contributed by atoms with van der Waals surface area (Å²) in [5.41, 5.74) is -0.475. The van der Waals surface area contributed by atoms with Crippen molar-refractivity contribution in [2.24, 2.45) is 0 Å². The highest BCUT2D eigenvalue weighted by Crippen LogP contribution is 2.29. The molecule has 19 heavy (non-hydrogen) atoms. The lowest BCUT2D eigenvalue weighted by molar-refractivity contribution is -0.119. The second-order valence-electron chi connectivity index (χ2n) is 4.08. The first-order valence-corrected chi connectivity index (χ1v) is 6.17. The molecule has 0 unspecified atom stereocenters. The lowest BCUT2D eigenvalue weighted by Crippen LogP contribution is -2.36. The van der Waals surface area contributed by atoms with Crippen LogP contribution in [0.25, 0.3) is 0 Å². The molecule has 0 heterocycles. The number of nitrogens with zero attached hydrogens (tertiary/aromatic N) is 1. The molecule has 0 bridgehead atoms. The molecular weight excluding hydrogens is 289 g/mol. The van der Waals surface area contributed by atoms with Gasteiger partial charge in [-0.25, -0.2) is 8.78 Å². The Morgan fingerprint density at radius 1 is 1.16 bits per heavy atom. The van der Waals surface area contributed by atoms with Crippen molar-refractivity contribution in [3.8, 4) is 0 Å². The molecule has 108 valence electrons. The van der Waals surface area contributed by atoms with Crippen molar-refractivity contribution in [1.82, 2.24) is 0 Å². The summed E-state index contributed by atoms with van der Waals surface area (Å²) in [6.07, 6.45) is -4.19. The maximum Gasteiger partial charge on any atom is 0.405 e. The fourth-order valence-corrected chi connectivity index (χ4v) is 1.91. The van der Waals surface area contributed by atoms with Gasteiger partial charge in [0.05, 0.1) is 0 Å². The highest BCUT2D eigenvalue weighted by molar-refractivity contribution is 6.17. The van der Waals surface area contributed by atoms with E-state index in [9.17, 15) is 22.0 Å². The fraction of sp³-hybridized carbons (Fsp3) is 0.500. The van der Waals surface area contributed by atoms with Crippen molar-refractivity contribution in [1.29, 1.82) is 0 Å². The van der Waals surface area contributed by atoms with Crippen molar-refractivity contribution < 1.29 is 22.0 Å². The second kappa shape index (κ2) is 6.41. The van der Waals surface area contributed by atoms with Crippen LogP contribution < -0.4 is 4.90 Å². The summed E-state index contributed by atoms with van der Waals surface area (Å²) in [4.78, 5) is 0.655. The summed E-state index contributed by atoms with van der Waals surface area (Å²) < 4.78 is 64.7. The van der Waals surface area contributed by atoms with Crippen LogP contribution in [0.5, 0.6) is 0 Å². The largest absolute Gasteiger partial charge is 0.405 e. The zero-order chi connectivity index (χ0) is 14.6. The normalized spacial score (nSPS) is 11.7. The minimum Gasteiger partial charge on any atom is -0.358 e. The molecule has 0 aliphatic heterocycles. The second-order valence-corrected chi connectivity index (χ2v) is 4.35. The minimum atomic E-state index is -4.53. The van der Waals surface area contributed by atoms with Crippen LogP contribution in [0.3, 0.4) is 0 Å². The van der Waals surface area contributed by atoms with Gasteiger partial charge in [-0.2, -0.15) is 13.2 Å². The quantitative estimate of drug-likeness (QED) is 0.572. The third-order valence-corrected chi connectivity index (χ3v) is 2.72. The van der Waals surface area contributed by atoms with Crippen molar-refractivity contribution in [3.63, 3.8) is 0 Å². The van der Waals surface area contributed by atoms with Crippen molar-refractivity contribution >= 4 is 17.3 Å². The van der Waals surface area contributed by atoms with E-state index in [1.165, 1.54) is 0 Å². The van der Waals surface area contributed by atoms with Crippen LogP contribution >= 0.6 is 11.6 Å². The molecule has 0 radical (unpaired) electrons. The lowest BCUT2D eigenvalue weighted by atomic mass is 10.2. The average molecular weight is 302 g/mol. The Hall–Kier alpha value is -1.04. The summed E-state index contributed by atoms with van der Waals surface area (Å²) >= 11 is 5.44. The van der Waals surface area contributed by atoms with Crippen LogP contribution in [-0.2, 0) is 5.88 Å². The van der Waals surface area contributed by atoms with Crippen LogP contribution in [0.4, 0.5) is 27.6 Å². The Balaban J connectivity index is 3.15. The van der Waals surface area contributed by atoms with Crippen molar-refractivity contribution in [2.45, 2.75) is 25.4 Å². The van der Waals surface area contributed by atoms with E-state index in [1.807, 2.05) is 0 Å². The molecule has 1 rings (SSSR count). The van der Waals surface area contributed by atoms with Gasteiger partial charge in [0, 0.05) is 12.4 Å². The minimum absolute atomic E-state index is 0.0897. The Bertz CT molecular complexity index is 410. The summed E-state index contributed by atoms with van der Waals surface area (Å²) in [5, 5.41) is 0. The maximum absolute atomic E-state index is 13.7. The van der Waals surface area contributed by atoms with E-state index < -0.39 is 30.0 Å². The first-order valence-electron chi connectivity index (χ1n) is 5.64. The fourth-order valence-electron chi connectivity index (χ4n) is 1.75. The number of halogens is 6. The summed E-state index contributed by atoms with van der Waals surface area (Å²) in [7, 11) is 0. The third-order valence-electron chi connectivity index (χ3n) is 2.41. The van der Waals surface area contributed by atoms with Gasteiger partial charge in [0.15, 0.2) is 0 Å². The van der Waals surface area contributed by atoms with Crippen LogP contribution in [0.2, 0.25) is 0 Å². The molecule has 1 nitrogen and oxygen atoms in total. The summed E-state index contributed by atoms with van der Waals surface area (Å²) in [5.74, 6) is -2.18. The maximum atomic E-state index is 13.7. The predicted molar refractivity (Wildman–Crippen MR) is 64.5 cm³/mol. The lowest BCUT2D eigenvalue weighted by Gasteiger charge is -2.26. The Morgan fingerprint density at radius 3 is 2.05 bits per heavy atom. The Morgan fingerprint density at radius 2 is 1.68 bits per heavy atom. The van der Waals surface area contributed by atoms with E-state index in [0.717, 1.165) is 12.1 Å². The summed E-state index contributed by atoms with van der Waals surface area (Å²) in [6, 6.07) is 1.90. The number of rotatable bonds is 5. The van der Waals surface area contributed by atoms with Crippen LogP contribution in [0.15, 0.2) is 12.1 Å². The Kier molecular flexibility index (Phi) is 5.40. The topological polar surface area (TPSA) is 3.24 Å². The zero-order valence-corrected chi connectivity index (χ0v) is 11.0. The standard InChI is InChI=1S/C12H13ClF5N/c1-2-3-19(7-12(16,17)18)11-9(14)4-8(6-13)5-10(11)15/h4-5H,2-3,6-7H2,1H3. The molecule has 0 aromatic heterocycles. The Labute approximate surface area is 113 Å². The van der Waals surface area contributed by atoms with Crippen molar-refractivity contribution in [2.75, 3.05) is 18.0 Å². The van der Waals surface area contributed by atoms with Gasteiger partial charge in [-0.3, -0.25) is 0 Å². The molecule has 0 aliphatic carbocycles. The van der Waals surface area contributed by atoms with Gasteiger partial charge < -0.3 is 4.90 Å². The molecule has 0 N–H and O–H groups in total. The molecule has 0 saturated carbocycles. The van der Waals surface area contributed by atoms with Gasteiger partial charge in [-0.1, -0.05) is 6.92 Å². The number of benzene rings is 1. The molecule has 7 heteroatoms. The summed E-state index contributed by atoms with van der Waals surface area (Å²) in [6.45, 7) is 0.148. The number of alkyl halides is 4. The van der Waals surface area contributed by atoms with Gasteiger partial charge >= 0.3 is 6.18 Å². The number of anilines is 1. The number of hydrogen-bond acceptors (Lipinski definition) is 1. The molecule has 0 saturated heterocycles. The van der Waals surface area contributed by atoms with Gasteiger partial charge in [0.25, 0.3) is 0 Å². The van der Waals surface area contributed by atoms with Crippen LogP contribution in [0, 0.1) is 11.6 Å². The van der Waals surface area contributed by atoms with Crippen molar-refractivity contribution in [3.05, 3.63) is 29.3 Å². The van der Waals surface area contributed by atoms with E-state index in [0.29, 0.717) is 11.3 Å². The molecule has 0 atom stereocenters. The molecule has 0 spiro atoms. The SMILES string of the molecule is CCCN(CC(F)(F)F)c1c(F)cc(CCl)cc1F. The molecule has 0 fully saturated rings. The van der Waals surface area contributed by atoms with E-state index in [4.69, 9.17) is 11.6 Å². The first-order chi connectivity index (χ1) is 8.78. The highest BCUT2D eigenvalue weighted by Gasteiger charge is 2.32. The molecule has 1 aromatic rings. The average Bonchev–Trinajstić information content (AvgIpc) is 2.26. The highest BCUT2D eigenvalue weighted by atomic mass is 35.5. The zero-order valence-electron chi connectivity index (χ0n) is 10.2. The molecular formula is C12H13ClF5N. The molecule has 0 aliphatic rings. The van der Waals surface area contributed by atoms with Crippen LogP contribution in [0.1, 0.15) is 18.9 Å². The van der Waals surface area contributed by atoms with Gasteiger partial charge in [0.2, 0.25) is 0 Å². The van der Waals surface area contributed by atoms with Gasteiger partial charge in [-0.15, -0.1) is 11.6 Å². The van der Waals surface area contributed by atoms with E-state index >= 15 is 0 Å². The monoisotopic (exact) mass is 301 g/mol. The van der Waals surface area contributed by atoms with Gasteiger partial charge in [-0.05, 0) is 24.1 Å². The van der Waals surface area contributed by atoms with Crippen LogP contribution in [-0.4, -0.2) is 19.3 Å². The smallest absolute Gasteiger partial charge is 0.358 e. The molecule has 0 amide bonds.